The van der Waals surface area contributed by atoms with Gasteiger partial charge >= 0.3 is 29.6 Å². The van der Waals surface area contributed by atoms with E-state index in [0.717, 1.165) is 6.54 Å². The molecular formula is C10H16NNaO4S. The second-order valence-corrected chi connectivity index (χ2v) is 5.02. The molecule has 0 spiro atoms. The predicted octanol–water partition coefficient (Wildman–Crippen LogP) is 0.225. The Hall–Kier alpha value is -0.110. The second-order valence-electron chi connectivity index (χ2n) is 3.60. The molecule has 92 valence electrons. The minimum atomic E-state index is -4.12. The van der Waals surface area contributed by atoms with Crippen LogP contribution in [0.1, 0.15) is 0 Å². The molecule has 0 radical (unpaired) electrons. The van der Waals surface area contributed by atoms with Gasteiger partial charge in [0.25, 0.3) is 10.1 Å². The molecule has 1 N–H and O–H groups in total. The summed E-state index contributed by atoms with van der Waals surface area (Å²) in [6.07, 6.45) is 0. The fraction of sp³-hybridized carbons (Fsp3) is 0.400. The average molecular weight is 269 g/mol. The summed E-state index contributed by atoms with van der Waals surface area (Å²) in [5.74, 6) is 0.578. The molecule has 0 aliphatic carbocycles. The summed E-state index contributed by atoms with van der Waals surface area (Å²) in [5, 5.41) is 0. The molecule has 7 heteroatoms. The summed E-state index contributed by atoms with van der Waals surface area (Å²) >= 11 is 0. The summed E-state index contributed by atoms with van der Waals surface area (Å²) in [6, 6.07) is 5.64. The van der Waals surface area contributed by atoms with Crippen molar-refractivity contribution in [3.63, 3.8) is 0 Å². The molecule has 0 atom stereocenters. The Bertz CT molecular complexity index is 430. The zero-order valence-corrected chi connectivity index (χ0v) is 10.1. The van der Waals surface area contributed by atoms with Gasteiger partial charge in [0.2, 0.25) is 0 Å². The van der Waals surface area contributed by atoms with Crippen molar-refractivity contribution in [3.8, 4) is 5.75 Å². The van der Waals surface area contributed by atoms with E-state index in [1.165, 1.54) is 24.3 Å². The van der Waals surface area contributed by atoms with Gasteiger partial charge in [-0.1, -0.05) is 0 Å². The average Bonchev–Trinajstić information content (AvgIpc) is 2.16. The molecule has 5 nitrogen and oxygen atoms in total. The number of benzene rings is 1. The van der Waals surface area contributed by atoms with E-state index in [2.05, 4.69) is 0 Å². The van der Waals surface area contributed by atoms with Crippen molar-refractivity contribution in [1.29, 1.82) is 0 Å². The topological polar surface area (TPSA) is 66.8 Å². The third-order valence-electron chi connectivity index (χ3n) is 1.93. The molecule has 0 saturated carbocycles. The predicted molar refractivity (Wildman–Crippen MR) is 67.5 cm³/mol. The molecule has 0 amide bonds. The van der Waals surface area contributed by atoms with Gasteiger partial charge in [0.15, 0.2) is 0 Å². The molecular weight excluding hydrogens is 253 g/mol. The van der Waals surface area contributed by atoms with Crippen LogP contribution in [0.2, 0.25) is 0 Å². The van der Waals surface area contributed by atoms with Gasteiger partial charge in [-0.3, -0.25) is 4.55 Å². The zero-order chi connectivity index (χ0) is 12.2. The van der Waals surface area contributed by atoms with E-state index in [0.29, 0.717) is 12.4 Å². The van der Waals surface area contributed by atoms with Gasteiger partial charge in [-0.05, 0) is 38.4 Å². The van der Waals surface area contributed by atoms with Crippen molar-refractivity contribution in [2.45, 2.75) is 4.90 Å². The van der Waals surface area contributed by atoms with Crippen LogP contribution < -0.4 is 4.74 Å². The van der Waals surface area contributed by atoms with Crippen molar-refractivity contribution in [1.82, 2.24) is 4.90 Å². The fourth-order valence-corrected chi connectivity index (χ4v) is 1.53. The first-order valence-electron chi connectivity index (χ1n) is 4.74. The van der Waals surface area contributed by atoms with Crippen LogP contribution in [0.4, 0.5) is 0 Å². The van der Waals surface area contributed by atoms with Crippen molar-refractivity contribution in [3.05, 3.63) is 24.3 Å². The Kier molecular flexibility index (Phi) is 7.30. The standard InChI is InChI=1S/C10H15NO4S.Na.H/c1-11(2)7-8-15-9-3-5-10(6-4-9)16(12,13)14;;/h3-6H,7-8H2,1-2H3,(H,12,13,14);;. The third kappa shape index (κ3) is 6.40. The van der Waals surface area contributed by atoms with Crippen LogP contribution in [-0.2, 0) is 10.1 Å². The third-order valence-corrected chi connectivity index (χ3v) is 2.80. The molecule has 0 aliphatic heterocycles. The number of hydrogen-bond donors (Lipinski definition) is 1. The van der Waals surface area contributed by atoms with Gasteiger partial charge in [0.05, 0.1) is 4.90 Å². The molecule has 0 unspecified atom stereocenters. The van der Waals surface area contributed by atoms with Gasteiger partial charge in [-0.25, -0.2) is 0 Å². The van der Waals surface area contributed by atoms with Crippen LogP contribution in [0.5, 0.6) is 5.75 Å². The quantitative estimate of drug-likeness (QED) is 0.612. The maximum atomic E-state index is 10.8. The van der Waals surface area contributed by atoms with E-state index >= 15 is 0 Å². The zero-order valence-electron chi connectivity index (χ0n) is 9.25. The van der Waals surface area contributed by atoms with Gasteiger partial charge in [-0.15, -0.1) is 0 Å². The Labute approximate surface area is 124 Å². The number of hydrogen-bond acceptors (Lipinski definition) is 4. The fourth-order valence-electron chi connectivity index (χ4n) is 1.05. The van der Waals surface area contributed by atoms with Gasteiger partial charge in [-0.2, -0.15) is 8.42 Å². The van der Waals surface area contributed by atoms with E-state index in [-0.39, 0.29) is 34.5 Å². The molecule has 0 bridgehead atoms. The van der Waals surface area contributed by atoms with E-state index in [4.69, 9.17) is 9.29 Å². The summed E-state index contributed by atoms with van der Waals surface area (Å²) in [5.41, 5.74) is 0. The molecule has 0 heterocycles. The molecule has 1 rings (SSSR count). The van der Waals surface area contributed by atoms with Crippen molar-refractivity contribution in [2.75, 3.05) is 27.2 Å². The van der Waals surface area contributed by atoms with Crippen LogP contribution in [-0.4, -0.2) is 74.7 Å². The van der Waals surface area contributed by atoms with Gasteiger partial charge < -0.3 is 9.64 Å². The summed E-state index contributed by atoms with van der Waals surface area (Å²) < 4.78 is 35.6. The Morgan fingerprint density at radius 3 is 2.18 bits per heavy atom. The minimum absolute atomic E-state index is 0. The van der Waals surface area contributed by atoms with Crippen molar-refractivity contribution in [2.24, 2.45) is 0 Å². The van der Waals surface area contributed by atoms with Crippen LogP contribution in [0.15, 0.2) is 29.2 Å². The molecule has 0 aromatic heterocycles. The SMILES string of the molecule is CN(C)CCOc1ccc(S(=O)(=O)O)cc1.[NaH]. The molecule has 0 aliphatic rings. The Morgan fingerprint density at radius 1 is 1.24 bits per heavy atom. The van der Waals surface area contributed by atoms with Crippen LogP contribution in [0.25, 0.3) is 0 Å². The van der Waals surface area contributed by atoms with Crippen molar-refractivity contribution >= 4 is 39.7 Å². The van der Waals surface area contributed by atoms with E-state index < -0.39 is 10.1 Å². The van der Waals surface area contributed by atoms with Gasteiger partial charge in [0.1, 0.15) is 12.4 Å². The number of nitrogens with zero attached hydrogens (tertiary/aromatic N) is 1. The molecule has 1 aromatic rings. The Morgan fingerprint density at radius 2 is 1.76 bits per heavy atom. The van der Waals surface area contributed by atoms with Crippen LogP contribution >= 0.6 is 0 Å². The second kappa shape index (κ2) is 7.35. The summed E-state index contributed by atoms with van der Waals surface area (Å²) in [7, 11) is -0.247. The first kappa shape index (κ1) is 16.9. The molecule has 17 heavy (non-hydrogen) atoms. The Balaban J connectivity index is 0.00000256. The molecule has 0 saturated heterocycles. The van der Waals surface area contributed by atoms with E-state index in [1.54, 1.807) is 0 Å². The van der Waals surface area contributed by atoms with E-state index in [9.17, 15) is 8.42 Å². The molecule has 0 fully saturated rings. The number of ether oxygens (including phenoxy) is 1. The normalized spacial score (nSPS) is 11.1. The number of likely N-dealkylation sites (N-methyl/N-ethyl adjacent to an activating group) is 1. The van der Waals surface area contributed by atoms with Crippen molar-refractivity contribution < 1.29 is 17.7 Å². The van der Waals surface area contributed by atoms with Crippen LogP contribution in [0.3, 0.4) is 0 Å². The van der Waals surface area contributed by atoms with Crippen LogP contribution in [0, 0.1) is 0 Å². The maximum absolute atomic E-state index is 10.8. The van der Waals surface area contributed by atoms with Gasteiger partial charge in [0, 0.05) is 6.54 Å². The first-order chi connectivity index (χ1) is 7.39. The monoisotopic (exact) mass is 269 g/mol. The molecule has 1 aromatic carbocycles. The summed E-state index contributed by atoms with van der Waals surface area (Å²) in [4.78, 5) is 1.85. The number of rotatable bonds is 5. The first-order valence-corrected chi connectivity index (χ1v) is 6.18. The van der Waals surface area contributed by atoms with E-state index in [1.807, 2.05) is 19.0 Å². The summed E-state index contributed by atoms with van der Waals surface area (Å²) in [6.45, 7) is 1.30.